The van der Waals surface area contributed by atoms with Gasteiger partial charge in [-0.2, -0.15) is 0 Å². The third-order valence-corrected chi connectivity index (χ3v) is 7.24. The minimum atomic E-state index is -0.0326. The van der Waals surface area contributed by atoms with E-state index in [0.717, 1.165) is 24.3 Å². The predicted octanol–water partition coefficient (Wildman–Crippen LogP) is 6.80. The van der Waals surface area contributed by atoms with Crippen LogP contribution in [-0.4, -0.2) is 36.6 Å². The SMILES string of the molecule is OCCOc1ccc(C2(c3ccc(OCCO)cc3)CCCCCCCCCCCCC2)cc1. The van der Waals surface area contributed by atoms with E-state index in [1.807, 2.05) is 0 Å². The smallest absolute Gasteiger partial charge is 0.119 e. The molecule has 4 heteroatoms. The van der Waals surface area contributed by atoms with E-state index in [4.69, 9.17) is 19.7 Å². The van der Waals surface area contributed by atoms with Gasteiger partial charge >= 0.3 is 0 Å². The Labute approximate surface area is 206 Å². The number of benzene rings is 2. The minimum absolute atomic E-state index is 0.0242. The van der Waals surface area contributed by atoms with E-state index in [-0.39, 0.29) is 18.6 Å². The molecule has 1 aliphatic rings. The molecule has 3 rings (SSSR count). The fourth-order valence-electron chi connectivity index (χ4n) is 5.38. The van der Waals surface area contributed by atoms with Crippen LogP contribution in [0.1, 0.15) is 94.6 Å². The lowest BCUT2D eigenvalue weighted by Crippen LogP contribution is -2.28. The van der Waals surface area contributed by atoms with Crippen molar-refractivity contribution in [1.82, 2.24) is 0 Å². The standard InChI is InChI=1S/C30H44O4/c31-22-24-33-28-16-12-26(13-17-28)30(27-14-18-29(19-15-27)34-25-23-32)20-10-8-6-4-2-1-3-5-7-9-11-21-30/h12-19,31-32H,1-11,20-25H2. The van der Waals surface area contributed by atoms with Gasteiger partial charge in [0, 0.05) is 5.41 Å². The second kappa shape index (κ2) is 15.1. The van der Waals surface area contributed by atoms with Gasteiger partial charge in [-0.1, -0.05) is 94.9 Å². The molecule has 0 atom stereocenters. The van der Waals surface area contributed by atoms with Gasteiger partial charge in [-0.3, -0.25) is 0 Å². The van der Waals surface area contributed by atoms with Crippen LogP contribution >= 0.6 is 0 Å². The molecule has 4 nitrogen and oxygen atoms in total. The third-order valence-electron chi connectivity index (χ3n) is 7.24. The molecule has 1 saturated carbocycles. The largest absolute Gasteiger partial charge is 0.491 e. The van der Waals surface area contributed by atoms with Gasteiger partial charge in [-0.15, -0.1) is 0 Å². The minimum Gasteiger partial charge on any atom is -0.491 e. The van der Waals surface area contributed by atoms with E-state index in [9.17, 15) is 0 Å². The van der Waals surface area contributed by atoms with Crippen LogP contribution in [0, 0.1) is 0 Å². The molecule has 0 aliphatic heterocycles. The van der Waals surface area contributed by atoms with Gasteiger partial charge in [-0.25, -0.2) is 0 Å². The predicted molar refractivity (Wildman–Crippen MR) is 139 cm³/mol. The second-order valence-corrected chi connectivity index (χ2v) is 9.66. The van der Waals surface area contributed by atoms with Crippen LogP contribution in [0.15, 0.2) is 48.5 Å². The highest BCUT2D eigenvalue weighted by atomic mass is 16.5. The summed E-state index contributed by atoms with van der Waals surface area (Å²) < 4.78 is 11.3. The zero-order valence-corrected chi connectivity index (χ0v) is 20.9. The molecule has 0 unspecified atom stereocenters. The highest BCUT2D eigenvalue weighted by molar-refractivity contribution is 5.43. The molecule has 0 bridgehead atoms. The van der Waals surface area contributed by atoms with E-state index < -0.39 is 0 Å². The lowest BCUT2D eigenvalue weighted by molar-refractivity contribution is 0.201. The number of rotatable bonds is 8. The van der Waals surface area contributed by atoms with Crippen molar-refractivity contribution in [1.29, 1.82) is 0 Å². The second-order valence-electron chi connectivity index (χ2n) is 9.66. The first-order valence-electron chi connectivity index (χ1n) is 13.5. The summed E-state index contributed by atoms with van der Waals surface area (Å²) in [4.78, 5) is 0. The molecule has 0 aromatic heterocycles. The molecule has 1 aliphatic carbocycles. The molecule has 0 amide bonds. The Bertz CT molecular complexity index is 717. The summed E-state index contributed by atoms with van der Waals surface area (Å²) in [6.07, 6.45) is 16.9. The van der Waals surface area contributed by atoms with Gasteiger partial charge in [0.05, 0.1) is 13.2 Å². The molecule has 1 fully saturated rings. The van der Waals surface area contributed by atoms with Crippen LogP contribution in [0.25, 0.3) is 0 Å². The molecule has 2 aromatic carbocycles. The Hall–Kier alpha value is -2.04. The van der Waals surface area contributed by atoms with Crippen LogP contribution < -0.4 is 9.47 Å². The molecule has 0 heterocycles. The molecule has 34 heavy (non-hydrogen) atoms. The van der Waals surface area contributed by atoms with Crippen molar-refractivity contribution < 1.29 is 19.7 Å². The Kier molecular flexibility index (Phi) is 11.8. The summed E-state index contributed by atoms with van der Waals surface area (Å²) in [6.45, 7) is 0.687. The summed E-state index contributed by atoms with van der Waals surface area (Å²) >= 11 is 0. The van der Waals surface area contributed by atoms with Gasteiger partial charge in [0.15, 0.2) is 0 Å². The lowest BCUT2D eigenvalue weighted by Gasteiger charge is -2.36. The summed E-state index contributed by atoms with van der Waals surface area (Å²) in [5.74, 6) is 1.61. The van der Waals surface area contributed by atoms with E-state index in [0.29, 0.717) is 13.2 Å². The van der Waals surface area contributed by atoms with Crippen molar-refractivity contribution >= 4 is 0 Å². The first kappa shape index (κ1) is 26.6. The molecule has 188 valence electrons. The number of ether oxygens (including phenoxy) is 2. The summed E-state index contributed by atoms with van der Waals surface area (Å²) in [6, 6.07) is 17.1. The van der Waals surface area contributed by atoms with Crippen molar-refractivity contribution in [2.75, 3.05) is 26.4 Å². The van der Waals surface area contributed by atoms with Crippen LogP contribution in [0.5, 0.6) is 11.5 Å². The van der Waals surface area contributed by atoms with E-state index >= 15 is 0 Å². The number of hydrogen-bond donors (Lipinski definition) is 2. The number of aliphatic hydroxyl groups excluding tert-OH is 2. The summed E-state index contributed by atoms with van der Waals surface area (Å²) in [7, 11) is 0. The Morgan fingerprint density at radius 1 is 0.500 bits per heavy atom. The highest BCUT2D eigenvalue weighted by Crippen LogP contribution is 2.43. The molecule has 2 N–H and O–H groups in total. The first-order chi connectivity index (χ1) is 16.8. The Morgan fingerprint density at radius 2 is 0.824 bits per heavy atom. The quantitative estimate of drug-likeness (QED) is 0.447. The maximum atomic E-state index is 9.09. The van der Waals surface area contributed by atoms with E-state index in [1.54, 1.807) is 0 Å². The average Bonchev–Trinajstić information content (AvgIpc) is 2.88. The maximum Gasteiger partial charge on any atom is 0.119 e. The topological polar surface area (TPSA) is 58.9 Å². The van der Waals surface area contributed by atoms with Crippen LogP contribution in [-0.2, 0) is 5.41 Å². The number of hydrogen-bond acceptors (Lipinski definition) is 4. The van der Waals surface area contributed by atoms with Gasteiger partial charge in [0.1, 0.15) is 24.7 Å². The normalized spacial score (nSPS) is 18.1. The van der Waals surface area contributed by atoms with Crippen molar-refractivity contribution in [2.45, 2.75) is 88.9 Å². The van der Waals surface area contributed by atoms with E-state index in [1.165, 1.54) is 81.8 Å². The van der Waals surface area contributed by atoms with Crippen molar-refractivity contribution in [2.24, 2.45) is 0 Å². The monoisotopic (exact) mass is 468 g/mol. The van der Waals surface area contributed by atoms with Gasteiger partial charge in [-0.05, 0) is 48.2 Å². The third kappa shape index (κ3) is 8.02. The average molecular weight is 469 g/mol. The summed E-state index contributed by atoms with van der Waals surface area (Å²) in [5, 5.41) is 18.2. The lowest BCUT2D eigenvalue weighted by atomic mass is 9.67. The first-order valence-corrected chi connectivity index (χ1v) is 13.5. The van der Waals surface area contributed by atoms with Gasteiger partial charge in [0.2, 0.25) is 0 Å². The fourth-order valence-corrected chi connectivity index (χ4v) is 5.38. The van der Waals surface area contributed by atoms with Gasteiger partial charge in [0.25, 0.3) is 0 Å². The van der Waals surface area contributed by atoms with Crippen molar-refractivity contribution in [3.8, 4) is 11.5 Å². The molecule has 0 spiro atoms. The molecule has 2 aromatic rings. The summed E-state index contributed by atoms with van der Waals surface area (Å²) in [5.41, 5.74) is 2.66. The molecular formula is C30H44O4. The Balaban J connectivity index is 1.90. The maximum absolute atomic E-state index is 9.09. The van der Waals surface area contributed by atoms with Crippen LogP contribution in [0.2, 0.25) is 0 Å². The molecular weight excluding hydrogens is 424 g/mol. The zero-order chi connectivity index (χ0) is 23.9. The van der Waals surface area contributed by atoms with Crippen molar-refractivity contribution in [3.63, 3.8) is 0 Å². The Morgan fingerprint density at radius 3 is 1.15 bits per heavy atom. The highest BCUT2D eigenvalue weighted by Gasteiger charge is 2.33. The van der Waals surface area contributed by atoms with Crippen molar-refractivity contribution in [3.05, 3.63) is 59.7 Å². The van der Waals surface area contributed by atoms with Crippen LogP contribution in [0.4, 0.5) is 0 Å². The van der Waals surface area contributed by atoms with Gasteiger partial charge < -0.3 is 19.7 Å². The zero-order valence-electron chi connectivity index (χ0n) is 20.9. The fraction of sp³-hybridized carbons (Fsp3) is 0.600. The number of aliphatic hydroxyl groups is 2. The molecule has 0 radical (unpaired) electrons. The molecule has 0 saturated heterocycles. The van der Waals surface area contributed by atoms with Crippen LogP contribution in [0.3, 0.4) is 0 Å². The van der Waals surface area contributed by atoms with E-state index in [2.05, 4.69) is 48.5 Å².